The predicted octanol–water partition coefficient (Wildman–Crippen LogP) is -0.913. The van der Waals surface area contributed by atoms with Crippen LogP contribution in [0.2, 0.25) is 0 Å². The molecule has 0 aromatic heterocycles. The Hall–Kier alpha value is -0.650. The number of hydrogen-bond acceptors (Lipinski definition) is 4. The van der Waals surface area contributed by atoms with Gasteiger partial charge in [-0.2, -0.15) is 0 Å². The second-order valence-corrected chi connectivity index (χ2v) is 4.39. The molecule has 1 unspecified atom stereocenters. The quantitative estimate of drug-likeness (QED) is 0.618. The van der Waals surface area contributed by atoms with Gasteiger partial charge in [-0.15, -0.1) is 0 Å². The molecule has 0 bridgehead atoms. The lowest BCUT2D eigenvalue weighted by atomic mass is 10.2. The van der Waals surface area contributed by atoms with Crippen molar-refractivity contribution >= 4 is 5.91 Å². The summed E-state index contributed by atoms with van der Waals surface area (Å²) in [6.07, 6.45) is 1.21. The van der Waals surface area contributed by atoms with Crippen molar-refractivity contribution in [2.24, 2.45) is 5.73 Å². The minimum absolute atomic E-state index is 0.224. The molecule has 1 amide bonds. The maximum atomic E-state index is 11.1. The Morgan fingerprint density at radius 2 is 1.88 bits per heavy atom. The molecule has 1 aliphatic rings. The van der Waals surface area contributed by atoms with Crippen molar-refractivity contribution in [3.05, 3.63) is 0 Å². The second kappa shape index (κ2) is 6.83. The fourth-order valence-electron chi connectivity index (χ4n) is 2.09. The lowest BCUT2D eigenvalue weighted by Crippen LogP contribution is -2.53. The van der Waals surface area contributed by atoms with Crippen molar-refractivity contribution in [3.8, 4) is 0 Å². The van der Waals surface area contributed by atoms with Crippen LogP contribution >= 0.6 is 0 Å². The number of nitrogens with two attached hydrogens (primary N) is 1. The van der Waals surface area contributed by atoms with Gasteiger partial charge in [-0.05, 0) is 20.0 Å². The lowest BCUT2D eigenvalue weighted by molar-refractivity contribution is -0.120. The van der Waals surface area contributed by atoms with E-state index in [1.165, 1.54) is 13.0 Å². The van der Waals surface area contributed by atoms with Crippen molar-refractivity contribution in [3.63, 3.8) is 0 Å². The number of carbonyl (C=O) groups excluding carboxylic acids is 1. The molecule has 0 saturated carbocycles. The van der Waals surface area contributed by atoms with Crippen molar-refractivity contribution in [1.29, 1.82) is 0 Å². The van der Waals surface area contributed by atoms with Gasteiger partial charge in [0.1, 0.15) is 0 Å². The fraction of sp³-hybridized carbons (Fsp3) is 0.909. The lowest BCUT2D eigenvalue weighted by Gasteiger charge is -2.35. The molecule has 0 aromatic carbocycles. The Morgan fingerprint density at radius 3 is 2.31 bits per heavy atom. The van der Waals surface area contributed by atoms with Gasteiger partial charge in [0.2, 0.25) is 5.91 Å². The highest BCUT2D eigenvalue weighted by Crippen LogP contribution is 2.03. The smallest absolute Gasteiger partial charge is 0.235 e. The van der Waals surface area contributed by atoms with Crippen LogP contribution in [0, 0.1) is 0 Å². The molecule has 0 radical (unpaired) electrons. The molecule has 0 spiro atoms. The van der Waals surface area contributed by atoms with E-state index in [4.69, 9.17) is 5.73 Å². The number of primary amides is 1. The highest BCUT2D eigenvalue weighted by atomic mass is 16.1. The number of carbonyl (C=O) groups is 1. The van der Waals surface area contributed by atoms with Crippen LogP contribution in [0.25, 0.3) is 0 Å². The number of piperazine rings is 1. The molecular formula is C11H24N4O. The Bertz CT molecular complexity index is 214. The van der Waals surface area contributed by atoms with Gasteiger partial charge in [-0.3, -0.25) is 9.69 Å². The van der Waals surface area contributed by atoms with E-state index in [1.807, 2.05) is 0 Å². The minimum Gasteiger partial charge on any atom is -0.368 e. The molecule has 1 fully saturated rings. The Morgan fingerprint density at radius 1 is 1.31 bits per heavy atom. The largest absolute Gasteiger partial charge is 0.368 e. The number of rotatable bonds is 6. The molecule has 3 N–H and O–H groups in total. The van der Waals surface area contributed by atoms with Gasteiger partial charge in [-0.25, -0.2) is 0 Å². The third-order valence-electron chi connectivity index (χ3n) is 3.14. The molecule has 1 rings (SSSR count). The summed E-state index contributed by atoms with van der Waals surface area (Å²) in [5, 5.41) is 2.96. The van der Waals surface area contributed by atoms with E-state index >= 15 is 0 Å². The molecule has 5 nitrogen and oxygen atoms in total. The number of likely N-dealkylation sites (N-methyl/N-ethyl adjacent to an activating group) is 1. The van der Waals surface area contributed by atoms with Crippen LogP contribution < -0.4 is 11.1 Å². The molecule has 1 saturated heterocycles. The Balaban J connectivity index is 2.28. The summed E-state index contributed by atoms with van der Waals surface area (Å²) in [4.78, 5) is 15.9. The average molecular weight is 228 g/mol. The summed E-state index contributed by atoms with van der Waals surface area (Å²) in [6.45, 7) is 8.38. The Labute approximate surface area is 98.0 Å². The number of nitrogens with zero attached hydrogens (tertiary/aromatic N) is 2. The molecule has 16 heavy (non-hydrogen) atoms. The van der Waals surface area contributed by atoms with Gasteiger partial charge in [0, 0.05) is 32.7 Å². The molecule has 0 aliphatic carbocycles. The highest BCUT2D eigenvalue weighted by Gasteiger charge is 2.21. The van der Waals surface area contributed by atoms with E-state index in [2.05, 4.69) is 22.0 Å². The van der Waals surface area contributed by atoms with Crippen LogP contribution in [0.4, 0.5) is 0 Å². The molecule has 1 heterocycles. The normalized spacial score (nSPS) is 20.9. The monoisotopic (exact) mass is 228 g/mol. The fourth-order valence-corrected chi connectivity index (χ4v) is 2.09. The maximum absolute atomic E-state index is 11.1. The maximum Gasteiger partial charge on any atom is 0.235 e. The first kappa shape index (κ1) is 13.4. The molecule has 0 aromatic rings. The third kappa shape index (κ3) is 4.08. The van der Waals surface area contributed by atoms with E-state index in [9.17, 15) is 4.79 Å². The van der Waals surface area contributed by atoms with Crippen LogP contribution in [-0.2, 0) is 4.79 Å². The predicted molar refractivity (Wildman–Crippen MR) is 65.2 cm³/mol. The summed E-state index contributed by atoms with van der Waals surface area (Å²) in [6, 6.07) is -0.224. The average Bonchev–Trinajstić information content (AvgIpc) is 2.28. The number of amides is 1. The highest BCUT2D eigenvalue weighted by molar-refractivity contribution is 5.80. The SMILES string of the molecule is CCCN1CCN(CC(NC)C(N)=O)CC1. The van der Waals surface area contributed by atoms with Crippen LogP contribution in [-0.4, -0.2) is 68.1 Å². The summed E-state index contributed by atoms with van der Waals surface area (Å²) in [5.41, 5.74) is 5.30. The number of hydrogen-bond donors (Lipinski definition) is 2. The van der Waals surface area contributed by atoms with Crippen LogP contribution in [0.15, 0.2) is 0 Å². The van der Waals surface area contributed by atoms with Crippen molar-refractivity contribution in [1.82, 2.24) is 15.1 Å². The molecule has 94 valence electrons. The minimum atomic E-state index is -0.265. The van der Waals surface area contributed by atoms with E-state index in [0.29, 0.717) is 0 Å². The zero-order chi connectivity index (χ0) is 12.0. The van der Waals surface area contributed by atoms with Gasteiger partial charge in [0.15, 0.2) is 0 Å². The summed E-state index contributed by atoms with van der Waals surface area (Å²) < 4.78 is 0. The van der Waals surface area contributed by atoms with E-state index < -0.39 is 0 Å². The van der Waals surface area contributed by atoms with Gasteiger partial charge < -0.3 is 16.0 Å². The molecule has 1 aliphatic heterocycles. The van der Waals surface area contributed by atoms with Crippen LogP contribution in [0.5, 0.6) is 0 Å². The van der Waals surface area contributed by atoms with Crippen LogP contribution in [0.3, 0.4) is 0 Å². The van der Waals surface area contributed by atoms with E-state index in [0.717, 1.165) is 32.7 Å². The zero-order valence-corrected chi connectivity index (χ0v) is 10.4. The molecule has 5 heteroatoms. The van der Waals surface area contributed by atoms with E-state index in [1.54, 1.807) is 7.05 Å². The first-order chi connectivity index (χ1) is 7.67. The van der Waals surface area contributed by atoms with Crippen molar-refractivity contribution in [2.75, 3.05) is 46.3 Å². The van der Waals surface area contributed by atoms with Crippen molar-refractivity contribution < 1.29 is 4.79 Å². The van der Waals surface area contributed by atoms with Gasteiger partial charge in [-0.1, -0.05) is 6.92 Å². The van der Waals surface area contributed by atoms with Gasteiger partial charge in [0.25, 0.3) is 0 Å². The molecular weight excluding hydrogens is 204 g/mol. The summed E-state index contributed by atoms with van der Waals surface area (Å²) in [5.74, 6) is -0.265. The standard InChI is InChI=1S/C11H24N4O/c1-3-4-14-5-7-15(8-6-14)9-10(13-2)11(12)16/h10,13H,3-9H2,1-2H3,(H2,12,16). The van der Waals surface area contributed by atoms with Gasteiger partial charge >= 0.3 is 0 Å². The zero-order valence-electron chi connectivity index (χ0n) is 10.4. The van der Waals surface area contributed by atoms with Crippen LogP contribution in [0.1, 0.15) is 13.3 Å². The first-order valence-electron chi connectivity index (χ1n) is 6.08. The van der Waals surface area contributed by atoms with E-state index in [-0.39, 0.29) is 11.9 Å². The topological polar surface area (TPSA) is 61.6 Å². The molecule has 1 atom stereocenters. The summed E-state index contributed by atoms with van der Waals surface area (Å²) in [7, 11) is 1.78. The Kier molecular flexibility index (Phi) is 5.73. The summed E-state index contributed by atoms with van der Waals surface area (Å²) >= 11 is 0. The second-order valence-electron chi connectivity index (χ2n) is 4.39. The van der Waals surface area contributed by atoms with Crippen molar-refractivity contribution in [2.45, 2.75) is 19.4 Å². The van der Waals surface area contributed by atoms with Gasteiger partial charge in [0.05, 0.1) is 6.04 Å². The third-order valence-corrected chi connectivity index (χ3v) is 3.14. The number of nitrogens with one attached hydrogen (secondary N) is 1. The first-order valence-corrected chi connectivity index (χ1v) is 6.08.